The van der Waals surface area contributed by atoms with Crippen LogP contribution in [0.15, 0.2) is 0 Å². The van der Waals surface area contributed by atoms with Crippen LogP contribution in [0.5, 0.6) is 0 Å². The molecule has 1 aliphatic carbocycles. The zero-order chi connectivity index (χ0) is 12.6. The molecule has 0 radical (unpaired) electrons. The third-order valence-electron chi connectivity index (χ3n) is 4.67. The van der Waals surface area contributed by atoms with Gasteiger partial charge in [0.1, 0.15) is 5.54 Å². The predicted molar refractivity (Wildman–Crippen MR) is 66.7 cm³/mol. The zero-order valence-electron chi connectivity index (χ0n) is 10.9. The summed E-state index contributed by atoms with van der Waals surface area (Å²) in [5, 5.41) is 9.37. The number of rotatable bonds is 4. The van der Waals surface area contributed by atoms with E-state index in [1.807, 2.05) is 0 Å². The monoisotopic (exact) mass is 240 g/mol. The van der Waals surface area contributed by atoms with Gasteiger partial charge < -0.3 is 10.8 Å². The highest BCUT2D eigenvalue weighted by molar-refractivity contribution is 5.79. The van der Waals surface area contributed by atoms with Crippen LogP contribution in [0.2, 0.25) is 0 Å². The van der Waals surface area contributed by atoms with Crippen molar-refractivity contribution in [3.8, 4) is 0 Å². The van der Waals surface area contributed by atoms with Crippen molar-refractivity contribution >= 4 is 5.97 Å². The van der Waals surface area contributed by atoms with Crippen LogP contribution >= 0.6 is 0 Å². The fraction of sp³-hybridized carbons (Fsp3) is 0.923. The molecule has 4 heteroatoms. The van der Waals surface area contributed by atoms with Gasteiger partial charge in [0.25, 0.3) is 0 Å². The summed E-state index contributed by atoms with van der Waals surface area (Å²) in [6.45, 7) is 5.94. The fourth-order valence-corrected chi connectivity index (χ4v) is 2.95. The molecule has 1 saturated carbocycles. The lowest BCUT2D eigenvalue weighted by Gasteiger charge is -2.41. The highest BCUT2D eigenvalue weighted by Crippen LogP contribution is 2.39. The molecule has 0 spiro atoms. The number of nitrogens with zero attached hydrogens (tertiary/aromatic N) is 1. The number of hydrogen-bond acceptors (Lipinski definition) is 3. The minimum absolute atomic E-state index is 0.185. The number of aliphatic carboxylic acids is 1. The van der Waals surface area contributed by atoms with E-state index < -0.39 is 11.5 Å². The van der Waals surface area contributed by atoms with Crippen molar-refractivity contribution in [2.45, 2.75) is 51.1 Å². The van der Waals surface area contributed by atoms with Gasteiger partial charge in [-0.05, 0) is 51.0 Å². The van der Waals surface area contributed by atoms with Crippen LogP contribution < -0.4 is 5.73 Å². The summed E-state index contributed by atoms with van der Waals surface area (Å²) in [5.41, 5.74) is 5.12. The summed E-state index contributed by atoms with van der Waals surface area (Å²) in [6.07, 6.45) is 4.35. The van der Waals surface area contributed by atoms with Gasteiger partial charge in [0.15, 0.2) is 0 Å². The zero-order valence-corrected chi connectivity index (χ0v) is 10.9. The molecule has 98 valence electrons. The number of carbonyl (C=O) groups is 1. The van der Waals surface area contributed by atoms with Crippen LogP contribution in [0, 0.1) is 11.8 Å². The van der Waals surface area contributed by atoms with Gasteiger partial charge in [-0.25, -0.2) is 0 Å². The van der Waals surface area contributed by atoms with Crippen molar-refractivity contribution in [3.63, 3.8) is 0 Å². The Bertz CT molecular complexity index is 304. The average Bonchev–Trinajstić information content (AvgIpc) is 3.08. The lowest BCUT2D eigenvalue weighted by Crippen LogP contribution is -2.60. The molecule has 2 fully saturated rings. The molecule has 4 nitrogen and oxygen atoms in total. The Labute approximate surface area is 103 Å². The Balaban J connectivity index is 2.05. The number of hydrogen-bond donors (Lipinski definition) is 2. The first-order valence-corrected chi connectivity index (χ1v) is 6.71. The van der Waals surface area contributed by atoms with Gasteiger partial charge in [-0.3, -0.25) is 9.69 Å². The SMILES string of the molecule is CC1CCCN(CC(N)(C(=O)O)C2CC2)C1C. The molecule has 3 N–H and O–H groups in total. The van der Waals surface area contributed by atoms with Gasteiger partial charge in [0.05, 0.1) is 0 Å². The Kier molecular flexibility index (Phi) is 3.46. The predicted octanol–water partition coefficient (Wildman–Crippen LogP) is 1.30. The molecule has 0 aromatic carbocycles. The molecule has 3 unspecified atom stereocenters. The minimum atomic E-state index is -1.02. The molecule has 0 aromatic heterocycles. The molecular weight excluding hydrogens is 216 g/mol. The maximum absolute atomic E-state index is 11.4. The average molecular weight is 240 g/mol. The third kappa shape index (κ3) is 2.47. The van der Waals surface area contributed by atoms with E-state index in [0.29, 0.717) is 18.5 Å². The molecule has 0 aromatic rings. The molecule has 1 heterocycles. The van der Waals surface area contributed by atoms with Crippen molar-refractivity contribution < 1.29 is 9.90 Å². The van der Waals surface area contributed by atoms with E-state index in [1.54, 1.807) is 0 Å². The van der Waals surface area contributed by atoms with Gasteiger partial charge in [-0.2, -0.15) is 0 Å². The maximum Gasteiger partial charge on any atom is 0.325 e. The summed E-state index contributed by atoms with van der Waals surface area (Å²) in [7, 11) is 0. The second kappa shape index (κ2) is 4.58. The smallest absolute Gasteiger partial charge is 0.325 e. The molecule has 2 aliphatic rings. The quantitative estimate of drug-likeness (QED) is 0.777. The van der Waals surface area contributed by atoms with Crippen molar-refractivity contribution in [1.29, 1.82) is 0 Å². The van der Waals surface area contributed by atoms with Crippen molar-refractivity contribution in [3.05, 3.63) is 0 Å². The van der Waals surface area contributed by atoms with E-state index in [2.05, 4.69) is 18.7 Å². The third-order valence-corrected chi connectivity index (χ3v) is 4.67. The molecule has 1 saturated heterocycles. The van der Waals surface area contributed by atoms with Gasteiger partial charge in [0.2, 0.25) is 0 Å². The van der Waals surface area contributed by atoms with Crippen LogP contribution in [-0.2, 0) is 4.79 Å². The molecular formula is C13H24N2O2. The number of carboxylic acid groups (broad SMARTS) is 1. The Morgan fingerprint density at radius 2 is 2.06 bits per heavy atom. The summed E-state index contributed by atoms with van der Waals surface area (Å²) in [6, 6.07) is 0.449. The van der Waals surface area contributed by atoms with Crippen LogP contribution in [-0.4, -0.2) is 40.6 Å². The van der Waals surface area contributed by atoms with E-state index in [4.69, 9.17) is 5.73 Å². The van der Waals surface area contributed by atoms with Crippen molar-refractivity contribution in [2.24, 2.45) is 17.6 Å². The van der Waals surface area contributed by atoms with E-state index in [9.17, 15) is 9.90 Å². The van der Waals surface area contributed by atoms with Crippen LogP contribution in [0.1, 0.15) is 39.5 Å². The first kappa shape index (κ1) is 12.8. The summed E-state index contributed by atoms with van der Waals surface area (Å²) in [5.74, 6) is -0.00384. The highest BCUT2D eigenvalue weighted by atomic mass is 16.4. The molecule has 0 bridgehead atoms. The summed E-state index contributed by atoms with van der Waals surface area (Å²) in [4.78, 5) is 13.7. The lowest BCUT2D eigenvalue weighted by atomic mass is 9.88. The first-order chi connectivity index (χ1) is 7.95. The van der Waals surface area contributed by atoms with Gasteiger partial charge >= 0.3 is 5.97 Å². The van der Waals surface area contributed by atoms with Crippen LogP contribution in [0.25, 0.3) is 0 Å². The lowest BCUT2D eigenvalue weighted by molar-refractivity contribution is -0.145. The Morgan fingerprint density at radius 1 is 1.41 bits per heavy atom. The van der Waals surface area contributed by atoms with E-state index in [-0.39, 0.29) is 5.92 Å². The normalized spacial score (nSPS) is 34.3. The van der Waals surface area contributed by atoms with Crippen molar-refractivity contribution in [2.75, 3.05) is 13.1 Å². The number of piperidine rings is 1. The highest BCUT2D eigenvalue weighted by Gasteiger charge is 2.49. The molecule has 3 atom stereocenters. The molecule has 17 heavy (non-hydrogen) atoms. The molecule has 1 aliphatic heterocycles. The van der Waals surface area contributed by atoms with E-state index in [0.717, 1.165) is 25.8 Å². The number of nitrogens with two attached hydrogens (primary N) is 1. The van der Waals surface area contributed by atoms with Gasteiger partial charge in [-0.15, -0.1) is 0 Å². The second-order valence-corrected chi connectivity index (χ2v) is 5.95. The van der Waals surface area contributed by atoms with Crippen molar-refractivity contribution in [1.82, 2.24) is 4.90 Å². The van der Waals surface area contributed by atoms with Crippen LogP contribution in [0.3, 0.4) is 0 Å². The van der Waals surface area contributed by atoms with E-state index in [1.165, 1.54) is 6.42 Å². The number of carboxylic acids is 1. The fourth-order valence-electron chi connectivity index (χ4n) is 2.95. The minimum Gasteiger partial charge on any atom is -0.480 e. The van der Waals surface area contributed by atoms with Gasteiger partial charge in [0, 0.05) is 12.6 Å². The molecule has 0 amide bonds. The standard InChI is InChI=1S/C13H24N2O2/c1-9-4-3-7-15(10(9)2)8-13(14,12(16)17)11-5-6-11/h9-11H,3-8,14H2,1-2H3,(H,16,17). The molecule has 2 rings (SSSR count). The largest absolute Gasteiger partial charge is 0.480 e. The van der Waals surface area contributed by atoms with E-state index >= 15 is 0 Å². The maximum atomic E-state index is 11.4. The van der Waals surface area contributed by atoms with Gasteiger partial charge in [-0.1, -0.05) is 6.92 Å². The Hall–Kier alpha value is -0.610. The topological polar surface area (TPSA) is 66.6 Å². The number of likely N-dealkylation sites (tertiary alicyclic amines) is 1. The Morgan fingerprint density at radius 3 is 2.59 bits per heavy atom. The van der Waals surface area contributed by atoms with Crippen LogP contribution in [0.4, 0.5) is 0 Å². The second-order valence-electron chi connectivity index (χ2n) is 5.95. The summed E-state index contributed by atoms with van der Waals surface area (Å²) >= 11 is 0. The summed E-state index contributed by atoms with van der Waals surface area (Å²) < 4.78 is 0. The first-order valence-electron chi connectivity index (χ1n) is 6.71.